The molecule has 0 fully saturated rings. The second-order valence-corrected chi connectivity index (χ2v) is 3.12. The van der Waals surface area contributed by atoms with Gasteiger partial charge in [0.05, 0.1) is 13.2 Å². The molecule has 0 saturated heterocycles. The van der Waals surface area contributed by atoms with Crippen molar-refractivity contribution in [1.29, 1.82) is 0 Å². The molecule has 0 amide bonds. The van der Waals surface area contributed by atoms with E-state index in [2.05, 4.69) is 18.8 Å². The number of phosphoric ester groups is 1. The average molecular weight is 195 g/mol. The Morgan fingerprint density at radius 2 is 1.83 bits per heavy atom. The SMILES string of the molecule is CCOP(=O)(OCC)ON=C=O. The van der Waals surface area contributed by atoms with Crippen molar-refractivity contribution in [3.63, 3.8) is 0 Å². The maximum absolute atomic E-state index is 11.2. The van der Waals surface area contributed by atoms with Crippen molar-refractivity contribution in [1.82, 2.24) is 0 Å². The van der Waals surface area contributed by atoms with E-state index in [9.17, 15) is 9.36 Å². The molecule has 0 spiro atoms. The molecule has 0 rings (SSSR count). The quantitative estimate of drug-likeness (QED) is 0.277. The Hall–Kier alpha value is -0.670. The highest BCUT2D eigenvalue weighted by molar-refractivity contribution is 7.48. The van der Waals surface area contributed by atoms with Gasteiger partial charge in [0.2, 0.25) is 0 Å². The lowest BCUT2D eigenvalue weighted by molar-refractivity contribution is 0.124. The summed E-state index contributed by atoms with van der Waals surface area (Å²) in [6.07, 6.45) is 1.06. The van der Waals surface area contributed by atoms with Crippen LogP contribution in [0.1, 0.15) is 13.8 Å². The smallest absolute Gasteiger partial charge is 0.280 e. The normalized spacial score (nSPS) is 10.5. The van der Waals surface area contributed by atoms with Gasteiger partial charge in [-0.1, -0.05) is 0 Å². The molecule has 0 aromatic heterocycles. The van der Waals surface area contributed by atoms with Crippen LogP contribution in [0.4, 0.5) is 0 Å². The molecule has 0 saturated carbocycles. The molecule has 0 aliphatic rings. The fourth-order valence-electron chi connectivity index (χ4n) is 0.467. The summed E-state index contributed by atoms with van der Waals surface area (Å²) in [4.78, 5) is 9.61. The highest BCUT2D eigenvalue weighted by Gasteiger charge is 2.26. The molecule has 0 heterocycles. The monoisotopic (exact) mass is 195 g/mol. The minimum Gasteiger partial charge on any atom is -0.280 e. The first-order chi connectivity index (χ1) is 5.68. The van der Waals surface area contributed by atoms with Gasteiger partial charge < -0.3 is 0 Å². The highest BCUT2D eigenvalue weighted by Crippen LogP contribution is 2.49. The number of hydrogen-bond acceptors (Lipinski definition) is 6. The standard InChI is InChI=1S/C5H10NO5P/c1-3-9-12(8,10-4-2)11-6-5-7/h3-4H2,1-2H3. The van der Waals surface area contributed by atoms with Crippen molar-refractivity contribution < 1.29 is 23.0 Å². The van der Waals surface area contributed by atoms with Crippen LogP contribution in [-0.2, 0) is 23.0 Å². The molecular formula is C5H10NO5P. The zero-order valence-corrected chi connectivity index (χ0v) is 7.74. The van der Waals surface area contributed by atoms with E-state index in [1.54, 1.807) is 13.8 Å². The van der Waals surface area contributed by atoms with Gasteiger partial charge in [-0.05, 0) is 13.8 Å². The van der Waals surface area contributed by atoms with Crippen molar-refractivity contribution in [2.24, 2.45) is 5.16 Å². The number of carbonyl (C=O) groups excluding carboxylic acids is 1. The van der Waals surface area contributed by atoms with Gasteiger partial charge in [0.25, 0.3) is 6.08 Å². The summed E-state index contributed by atoms with van der Waals surface area (Å²) in [5, 5.41) is 2.66. The molecular weight excluding hydrogens is 185 g/mol. The molecule has 7 heteroatoms. The minimum atomic E-state index is -3.67. The van der Waals surface area contributed by atoms with Crippen LogP contribution in [-0.4, -0.2) is 19.3 Å². The van der Waals surface area contributed by atoms with E-state index in [4.69, 9.17) is 0 Å². The molecule has 0 aromatic carbocycles. The van der Waals surface area contributed by atoms with Crippen molar-refractivity contribution >= 4 is 13.9 Å². The van der Waals surface area contributed by atoms with Crippen molar-refractivity contribution in [2.45, 2.75) is 13.8 Å². The topological polar surface area (TPSA) is 74.2 Å². The molecule has 0 N–H and O–H groups in total. The third-order valence-electron chi connectivity index (χ3n) is 0.753. The van der Waals surface area contributed by atoms with Gasteiger partial charge in [0, 0.05) is 5.16 Å². The maximum atomic E-state index is 11.2. The summed E-state index contributed by atoms with van der Waals surface area (Å²) >= 11 is 0. The van der Waals surface area contributed by atoms with E-state index in [1.165, 1.54) is 0 Å². The number of hydrogen-bond donors (Lipinski definition) is 0. The Bertz CT molecular complexity index is 202. The van der Waals surface area contributed by atoms with Crippen LogP contribution >= 0.6 is 7.82 Å². The first kappa shape index (κ1) is 11.3. The van der Waals surface area contributed by atoms with Crippen LogP contribution in [0.5, 0.6) is 0 Å². The highest BCUT2D eigenvalue weighted by atomic mass is 31.2. The third-order valence-corrected chi connectivity index (χ3v) is 2.18. The predicted molar refractivity (Wildman–Crippen MR) is 40.1 cm³/mol. The van der Waals surface area contributed by atoms with Crippen molar-refractivity contribution in [3.05, 3.63) is 0 Å². The number of rotatable bonds is 6. The van der Waals surface area contributed by atoms with Gasteiger partial charge >= 0.3 is 7.82 Å². The van der Waals surface area contributed by atoms with Gasteiger partial charge in [-0.3, -0.25) is 13.7 Å². The molecule has 0 bridgehead atoms. The Balaban J connectivity index is 4.17. The largest absolute Gasteiger partial charge is 0.551 e. The second kappa shape index (κ2) is 5.91. The Kier molecular flexibility index (Phi) is 5.58. The Morgan fingerprint density at radius 1 is 1.33 bits per heavy atom. The summed E-state index contributed by atoms with van der Waals surface area (Å²) < 4.78 is 24.6. The van der Waals surface area contributed by atoms with Crippen LogP contribution in [0.15, 0.2) is 5.16 Å². The summed E-state index contributed by atoms with van der Waals surface area (Å²) in [5.41, 5.74) is 0. The third kappa shape index (κ3) is 4.26. The first-order valence-corrected chi connectivity index (χ1v) is 4.79. The molecule has 0 aliphatic heterocycles. The van der Waals surface area contributed by atoms with E-state index >= 15 is 0 Å². The number of isocyanates is 1. The van der Waals surface area contributed by atoms with E-state index < -0.39 is 7.82 Å². The average Bonchev–Trinajstić information content (AvgIpc) is 2.02. The Morgan fingerprint density at radius 3 is 2.17 bits per heavy atom. The molecule has 6 nitrogen and oxygen atoms in total. The molecule has 12 heavy (non-hydrogen) atoms. The molecule has 0 aromatic rings. The minimum absolute atomic E-state index is 0.144. The number of nitrogens with zero attached hydrogens (tertiary/aromatic N) is 1. The predicted octanol–water partition coefficient (Wildman–Crippen LogP) is 1.43. The molecule has 0 atom stereocenters. The summed E-state index contributed by atoms with van der Waals surface area (Å²) in [7, 11) is -3.67. The van der Waals surface area contributed by atoms with Crippen molar-refractivity contribution in [2.75, 3.05) is 13.2 Å². The Labute approximate surface area is 70.1 Å². The van der Waals surface area contributed by atoms with Crippen LogP contribution in [0, 0.1) is 0 Å². The van der Waals surface area contributed by atoms with Crippen LogP contribution in [0.25, 0.3) is 0 Å². The zero-order valence-electron chi connectivity index (χ0n) is 6.85. The van der Waals surface area contributed by atoms with E-state index in [1.807, 2.05) is 0 Å². The van der Waals surface area contributed by atoms with E-state index in [0.717, 1.165) is 6.08 Å². The van der Waals surface area contributed by atoms with Gasteiger partial charge in [-0.15, -0.1) is 0 Å². The van der Waals surface area contributed by atoms with Crippen LogP contribution < -0.4 is 0 Å². The van der Waals surface area contributed by atoms with Crippen LogP contribution in [0.2, 0.25) is 0 Å². The first-order valence-electron chi connectivity index (χ1n) is 3.33. The van der Waals surface area contributed by atoms with E-state index in [0.29, 0.717) is 0 Å². The lowest BCUT2D eigenvalue weighted by atomic mass is 10.9. The van der Waals surface area contributed by atoms with Gasteiger partial charge in [-0.25, -0.2) is 9.36 Å². The fourth-order valence-corrected chi connectivity index (χ4v) is 1.40. The van der Waals surface area contributed by atoms with Gasteiger partial charge in [0.1, 0.15) is 0 Å². The zero-order chi connectivity index (χ0) is 9.45. The van der Waals surface area contributed by atoms with Crippen molar-refractivity contribution in [3.8, 4) is 0 Å². The van der Waals surface area contributed by atoms with Gasteiger partial charge in [0.15, 0.2) is 0 Å². The summed E-state index contributed by atoms with van der Waals surface area (Å²) in [6, 6.07) is 0. The van der Waals surface area contributed by atoms with Crippen LogP contribution in [0.3, 0.4) is 0 Å². The lowest BCUT2D eigenvalue weighted by Crippen LogP contribution is -1.96. The summed E-state index contributed by atoms with van der Waals surface area (Å²) in [5.74, 6) is 0. The molecule has 0 aliphatic carbocycles. The molecule has 0 radical (unpaired) electrons. The fraction of sp³-hybridized carbons (Fsp3) is 0.800. The molecule has 70 valence electrons. The van der Waals surface area contributed by atoms with E-state index in [-0.39, 0.29) is 13.2 Å². The van der Waals surface area contributed by atoms with Gasteiger partial charge in [-0.2, -0.15) is 0 Å². The second-order valence-electron chi connectivity index (χ2n) is 1.55. The lowest BCUT2D eigenvalue weighted by Gasteiger charge is -2.10. The summed E-state index contributed by atoms with van der Waals surface area (Å²) in [6.45, 7) is 3.51. The molecule has 0 unspecified atom stereocenters. The number of phosphoric acid groups is 1. The maximum Gasteiger partial charge on any atom is 0.551 e.